The first-order chi connectivity index (χ1) is 9.19. The van der Waals surface area contributed by atoms with E-state index in [1.807, 2.05) is 13.0 Å². The number of hydrogen-bond acceptors (Lipinski definition) is 3. The molecule has 2 aromatic rings. The minimum Gasteiger partial charge on any atom is -0.495 e. The average molecular weight is 254 g/mol. The molecular formula is C16H18N2O. The molecule has 1 heterocycles. The molecule has 0 spiro atoms. The number of ether oxygens (including phenoxy) is 1. The van der Waals surface area contributed by atoms with E-state index in [4.69, 9.17) is 10.5 Å². The summed E-state index contributed by atoms with van der Waals surface area (Å²) in [6.45, 7) is 1.90. The summed E-state index contributed by atoms with van der Waals surface area (Å²) in [5.41, 5.74) is 10.3. The summed E-state index contributed by atoms with van der Waals surface area (Å²) in [6, 6.07) is 10.6. The second kappa shape index (κ2) is 4.57. The van der Waals surface area contributed by atoms with Crippen LogP contribution in [0.3, 0.4) is 0 Å². The molecule has 98 valence electrons. The van der Waals surface area contributed by atoms with E-state index < -0.39 is 0 Å². The zero-order chi connectivity index (χ0) is 13.4. The quantitative estimate of drug-likeness (QED) is 0.911. The number of aromatic nitrogens is 1. The standard InChI is InChI=1S/C16H18N2O/c1-10-15(19-2)9-14(16(17)18-10)13-7-5-12(6-8-13)11-3-4-11/h5-9,11H,3-4H2,1-2H3,(H2,17,18). The second-order valence-corrected chi connectivity index (χ2v) is 5.11. The maximum absolute atomic E-state index is 6.02. The fourth-order valence-corrected chi connectivity index (χ4v) is 2.39. The van der Waals surface area contributed by atoms with Crippen LogP contribution < -0.4 is 10.5 Å². The number of hydrogen-bond donors (Lipinski definition) is 1. The van der Waals surface area contributed by atoms with Crippen LogP contribution >= 0.6 is 0 Å². The van der Waals surface area contributed by atoms with E-state index in [1.54, 1.807) is 7.11 Å². The Kier molecular flexibility index (Phi) is 2.90. The third kappa shape index (κ3) is 2.28. The van der Waals surface area contributed by atoms with Crippen LogP contribution in [0.15, 0.2) is 30.3 Å². The van der Waals surface area contributed by atoms with Gasteiger partial charge in [-0.3, -0.25) is 0 Å². The van der Waals surface area contributed by atoms with E-state index >= 15 is 0 Å². The van der Waals surface area contributed by atoms with E-state index in [9.17, 15) is 0 Å². The van der Waals surface area contributed by atoms with E-state index in [0.29, 0.717) is 5.82 Å². The van der Waals surface area contributed by atoms with Gasteiger partial charge in [0.05, 0.1) is 12.8 Å². The zero-order valence-corrected chi connectivity index (χ0v) is 11.3. The number of aryl methyl sites for hydroxylation is 1. The van der Waals surface area contributed by atoms with Gasteiger partial charge in [0.2, 0.25) is 0 Å². The Hall–Kier alpha value is -2.03. The van der Waals surface area contributed by atoms with Crippen LogP contribution in [0, 0.1) is 6.92 Å². The van der Waals surface area contributed by atoms with Gasteiger partial charge < -0.3 is 10.5 Å². The highest BCUT2D eigenvalue weighted by atomic mass is 16.5. The van der Waals surface area contributed by atoms with Crippen LogP contribution in [0.1, 0.15) is 30.0 Å². The van der Waals surface area contributed by atoms with Gasteiger partial charge >= 0.3 is 0 Å². The van der Waals surface area contributed by atoms with Crippen molar-refractivity contribution in [2.24, 2.45) is 0 Å². The Bertz CT molecular complexity index is 601. The van der Waals surface area contributed by atoms with Crippen molar-refractivity contribution >= 4 is 5.82 Å². The molecule has 0 unspecified atom stereocenters. The molecule has 0 radical (unpaired) electrons. The first-order valence-corrected chi connectivity index (χ1v) is 6.60. The zero-order valence-electron chi connectivity index (χ0n) is 11.3. The van der Waals surface area contributed by atoms with Crippen molar-refractivity contribution in [2.75, 3.05) is 12.8 Å². The molecule has 3 heteroatoms. The number of rotatable bonds is 3. The van der Waals surface area contributed by atoms with Crippen molar-refractivity contribution in [2.45, 2.75) is 25.7 Å². The van der Waals surface area contributed by atoms with Crippen molar-refractivity contribution in [1.29, 1.82) is 0 Å². The average Bonchev–Trinajstić information content (AvgIpc) is 3.24. The molecule has 0 saturated heterocycles. The fraction of sp³-hybridized carbons (Fsp3) is 0.312. The molecule has 19 heavy (non-hydrogen) atoms. The summed E-state index contributed by atoms with van der Waals surface area (Å²) in [7, 11) is 1.65. The Morgan fingerprint density at radius 2 is 1.89 bits per heavy atom. The molecular weight excluding hydrogens is 236 g/mol. The topological polar surface area (TPSA) is 48.1 Å². The SMILES string of the molecule is COc1cc(-c2ccc(C3CC3)cc2)c(N)nc1C. The molecule has 0 bridgehead atoms. The maximum atomic E-state index is 6.02. The number of benzene rings is 1. The fourth-order valence-electron chi connectivity index (χ4n) is 2.39. The minimum absolute atomic E-state index is 0.553. The largest absolute Gasteiger partial charge is 0.495 e. The van der Waals surface area contributed by atoms with Gasteiger partial charge in [0.25, 0.3) is 0 Å². The summed E-state index contributed by atoms with van der Waals surface area (Å²) in [5.74, 6) is 2.10. The molecule has 1 aromatic carbocycles. The molecule has 1 aliphatic rings. The maximum Gasteiger partial charge on any atom is 0.140 e. The van der Waals surface area contributed by atoms with Gasteiger partial charge in [0.15, 0.2) is 0 Å². The molecule has 3 nitrogen and oxygen atoms in total. The lowest BCUT2D eigenvalue weighted by atomic mass is 10.0. The van der Waals surface area contributed by atoms with E-state index in [-0.39, 0.29) is 0 Å². The van der Waals surface area contributed by atoms with Gasteiger partial charge in [-0.15, -0.1) is 0 Å². The van der Waals surface area contributed by atoms with Gasteiger partial charge in [-0.25, -0.2) is 4.98 Å². The second-order valence-electron chi connectivity index (χ2n) is 5.11. The van der Waals surface area contributed by atoms with Crippen molar-refractivity contribution in [3.63, 3.8) is 0 Å². The monoisotopic (exact) mass is 254 g/mol. The molecule has 1 fully saturated rings. The number of nitrogen functional groups attached to an aromatic ring is 1. The molecule has 3 rings (SSSR count). The summed E-state index contributed by atoms with van der Waals surface area (Å²) in [5, 5.41) is 0. The molecule has 0 amide bonds. The van der Waals surface area contributed by atoms with Crippen LogP contribution in [0.2, 0.25) is 0 Å². The lowest BCUT2D eigenvalue weighted by Gasteiger charge is -2.10. The predicted molar refractivity (Wildman–Crippen MR) is 77.3 cm³/mol. The number of nitrogens with two attached hydrogens (primary N) is 1. The van der Waals surface area contributed by atoms with E-state index in [0.717, 1.165) is 28.5 Å². The van der Waals surface area contributed by atoms with Gasteiger partial charge in [0.1, 0.15) is 11.6 Å². The van der Waals surface area contributed by atoms with Gasteiger partial charge in [0, 0.05) is 5.56 Å². The predicted octanol–water partition coefficient (Wildman–Crippen LogP) is 3.53. The first kappa shape index (κ1) is 12.0. The van der Waals surface area contributed by atoms with Crippen molar-refractivity contribution < 1.29 is 4.74 Å². The Morgan fingerprint density at radius 3 is 2.47 bits per heavy atom. The molecule has 1 aromatic heterocycles. The molecule has 2 N–H and O–H groups in total. The van der Waals surface area contributed by atoms with Gasteiger partial charge in [-0.2, -0.15) is 0 Å². The third-order valence-corrected chi connectivity index (χ3v) is 3.69. The number of methoxy groups -OCH3 is 1. The van der Waals surface area contributed by atoms with Crippen LogP contribution in [0.4, 0.5) is 5.82 Å². The summed E-state index contributed by atoms with van der Waals surface area (Å²) >= 11 is 0. The number of nitrogens with zero attached hydrogens (tertiary/aromatic N) is 1. The van der Waals surface area contributed by atoms with Crippen LogP contribution in [0.5, 0.6) is 5.75 Å². The van der Waals surface area contributed by atoms with E-state index in [2.05, 4.69) is 29.2 Å². The van der Waals surface area contributed by atoms with Crippen molar-refractivity contribution in [1.82, 2.24) is 4.98 Å². The summed E-state index contributed by atoms with van der Waals surface area (Å²) < 4.78 is 5.32. The molecule has 1 aliphatic carbocycles. The minimum atomic E-state index is 0.553. The third-order valence-electron chi connectivity index (χ3n) is 3.69. The van der Waals surface area contributed by atoms with Crippen molar-refractivity contribution in [3.05, 3.63) is 41.6 Å². The Balaban J connectivity index is 2.00. The first-order valence-electron chi connectivity index (χ1n) is 6.60. The Labute approximate surface area is 113 Å². The lowest BCUT2D eigenvalue weighted by molar-refractivity contribution is 0.409. The smallest absolute Gasteiger partial charge is 0.140 e. The number of pyridine rings is 1. The van der Waals surface area contributed by atoms with Crippen LogP contribution in [0.25, 0.3) is 11.1 Å². The van der Waals surface area contributed by atoms with Crippen LogP contribution in [-0.4, -0.2) is 12.1 Å². The molecule has 1 saturated carbocycles. The lowest BCUT2D eigenvalue weighted by Crippen LogP contribution is -1.99. The summed E-state index contributed by atoms with van der Waals surface area (Å²) in [6.07, 6.45) is 2.64. The van der Waals surface area contributed by atoms with Gasteiger partial charge in [-0.05, 0) is 42.9 Å². The molecule has 0 aliphatic heterocycles. The van der Waals surface area contributed by atoms with Crippen molar-refractivity contribution in [3.8, 4) is 16.9 Å². The normalized spacial score (nSPS) is 14.4. The van der Waals surface area contributed by atoms with E-state index in [1.165, 1.54) is 18.4 Å². The van der Waals surface area contributed by atoms with Gasteiger partial charge in [-0.1, -0.05) is 24.3 Å². The highest BCUT2D eigenvalue weighted by Gasteiger charge is 2.23. The molecule has 0 atom stereocenters. The highest BCUT2D eigenvalue weighted by Crippen LogP contribution is 2.40. The Morgan fingerprint density at radius 1 is 1.21 bits per heavy atom. The highest BCUT2D eigenvalue weighted by molar-refractivity contribution is 5.75. The summed E-state index contributed by atoms with van der Waals surface area (Å²) in [4.78, 5) is 4.34. The number of anilines is 1. The van der Waals surface area contributed by atoms with Crippen LogP contribution in [-0.2, 0) is 0 Å².